The Balaban J connectivity index is 1.79. The summed E-state index contributed by atoms with van der Waals surface area (Å²) in [4.78, 5) is 12.2. The van der Waals surface area contributed by atoms with E-state index in [1.54, 1.807) is 7.11 Å². The van der Waals surface area contributed by atoms with Crippen LogP contribution in [0.1, 0.15) is 39.7 Å². The first-order chi connectivity index (χ1) is 13.2. The van der Waals surface area contributed by atoms with E-state index in [4.69, 9.17) is 26.2 Å². The lowest BCUT2D eigenvalue weighted by Gasteiger charge is -2.28. The van der Waals surface area contributed by atoms with Crippen LogP contribution in [-0.2, 0) is 16.1 Å². The quantitative estimate of drug-likeness (QED) is 0.666. The number of carbonyl (C=O) groups excluding carboxylic acids is 1. The van der Waals surface area contributed by atoms with E-state index in [1.165, 1.54) is 0 Å². The molecule has 0 spiro atoms. The molecule has 1 aliphatic heterocycles. The van der Waals surface area contributed by atoms with Crippen molar-refractivity contribution < 1.29 is 14.3 Å². The van der Waals surface area contributed by atoms with Crippen LogP contribution in [0.15, 0.2) is 47.1 Å². The van der Waals surface area contributed by atoms with Crippen LogP contribution in [0.3, 0.4) is 0 Å². The standard InChI is InChI=1S/C22H27ClN2O3/c1-14-16-10-9-15(12-21(26)28-22(2,3)4)11-19(16)25(24-14)13-17-18(23)7-6-8-20(17)27-5/h6-11,16,19H,12-13H2,1-5H3. The Hall–Kier alpha value is -2.27. The second-order valence-corrected chi connectivity index (χ2v) is 8.55. The van der Waals surface area contributed by atoms with Gasteiger partial charge in [0, 0.05) is 22.2 Å². The zero-order valence-corrected chi connectivity index (χ0v) is 17.8. The van der Waals surface area contributed by atoms with Crippen molar-refractivity contribution in [2.24, 2.45) is 11.0 Å². The molecular weight excluding hydrogens is 376 g/mol. The molecule has 0 aromatic heterocycles. The fraction of sp³-hybridized carbons (Fsp3) is 0.455. The number of benzene rings is 1. The van der Waals surface area contributed by atoms with Crippen LogP contribution in [0.2, 0.25) is 5.02 Å². The Kier molecular flexibility index (Phi) is 5.84. The van der Waals surface area contributed by atoms with E-state index in [2.05, 4.69) is 12.2 Å². The van der Waals surface area contributed by atoms with Gasteiger partial charge in [-0.1, -0.05) is 35.9 Å². The third-order valence-electron chi connectivity index (χ3n) is 4.77. The van der Waals surface area contributed by atoms with Gasteiger partial charge in [-0.15, -0.1) is 0 Å². The first kappa shape index (κ1) is 20.5. The van der Waals surface area contributed by atoms with Gasteiger partial charge in [-0.2, -0.15) is 5.10 Å². The van der Waals surface area contributed by atoms with Gasteiger partial charge in [0.2, 0.25) is 0 Å². The monoisotopic (exact) mass is 402 g/mol. The average molecular weight is 403 g/mol. The summed E-state index contributed by atoms with van der Waals surface area (Å²) in [5.41, 5.74) is 2.40. The number of hydrogen-bond acceptors (Lipinski definition) is 5. The molecule has 0 bridgehead atoms. The second-order valence-electron chi connectivity index (χ2n) is 8.14. The molecule has 0 amide bonds. The highest BCUT2D eigenvalue weighted by Gasteiger charge is 2.35. The summed E-state index contributed by atoms with van der Waals surface area (Å²) in [6.45, 7) is 8.18. The summed E-state index contributed by atoms with van der Waals surface area (Å²) in [7, 11) is 1.64. The Bertz CT molecular complexity index is 852. The molecule has 2 aliphatic rings. The number of hydrazone groups is 1. The Labute approximate surface area is 171 Å². The maximum absolute atomic E-state index is 12.2. The smallest absolute Gasteiger partial charge is 0.310 e. The van der Waals surface area contributed by atoms with Gasteiger partial charge in [-0.05, 0) is 45.4 Å². The Morgan fingerprint density at radius 1 is 1.32 bits per heavy atom. The van der Waals surface area contributed by atoms with Crippen molar-refractivity contribution in [2.45, 2.75) is 52.3 Å². The van der Waals surface area contributed by atoms with Gasteiger partial charge in [0.25, 0.3) is 0 Å². The number of rotatable bonds is 5. The fourth-order valence-electron chi connectivity index (χ4n) is 3.56. The normalized spacial score (nSPS) is 21.1. The molecule has 6 heteroatoms. The third kappa shape index (κ3) is 4.58. The summed E-state index contributed by atoms with van der Waals surface area (Å²) < 4.78 is 10.9. The lowest BCUT2D eigenvalue weighted by Crippen LogP contribution is -2.32. The molecule has 0 saturated carbocycles. The van der Waals surface area contributed by atoms with Crippen LogP contribution >= 0.6 is 11.6 Å². The van der Waals surface area contributed by atoms with Crippen molar-refractivity contribution >= 4 is 23.3 Å². The van der Waals surface area contributed by atoms with Crippen molar-refractivity contribution in [3.8, 4) is 5.75 Å². The van der Waals surface area contributed by atoms with Crippen LogP contribution in [0, 0.1) is 5.92 Å². The van der Waals surface area contributed by atoms with Gasteiger partial charge in [0.15, 0.2) is 0 Å². The molecule has 5 nitrogen and oxygen atoms in total. The van der Waals surface area contributed by atoms with Crippen LogP contribution in [-0.4, -0.2) is 35.4 Å². The van der Waals surface area contributed by atoms with Crippen LogP contribution < -0.4 is 4.74 Å². The predicted octanol–water partition coefficient (Wildman–Crippen LogP) is 4.75. The van der Waals surface area contributed by atoms with Gasteiger partial charge >= 0.3 is 5.97 Å². The number of allylic oxidation sites excluding steroid dienone is 1. The zero-order chi connectivity index (χ0) is 20.5. The van der Waals surface area contributed by atoms with Crippen LogP contribution in [0.25, 0.3) is 0 Å². The number of methoxy groups -OCH3 is 1. The number of hydrogen-bond donors (Lipinski definition) is 0. The molecule has 0 saturated heterocycles. The molecule has 0 N–H and O–H groups in total. The largest absolute Gasteiger partial charge is 0.496 e. The molecule has 2 atom stereocenters. The van der Waals surface area contributed by atoms with Crippen LogP contribution in [0.5, 0.6) is 5.75 Å². The molecule has 1 aromatic rings. The number of halogens is 1. The van der Waals surface area contributed by atoms with E-state index in [1.807, 2.05) is 57.0 Å². The maximum Gasteiger partial charge on any atom is 0.310 e. The number of ether oxygens (including phenoxy) is 2. The molecule has 1 aromatic carbocycles. The summed E-state index contributed by atoms with van der Waals surface area (Å²) >= 11 is 6.41. The van der Waals surface area contributed by atoms with Gasteiger partial charge in [-0.25, -0.2) is 0 Å². The summed E-state index contributed by atoms with van der Waals surface area (Å²) in [6, 6.07) is 5.67. The lowest BCUT2D eigenvalue weighted by molar-refractivity contribution is -0.153. The van der Waals surface area contributed by atoms with Crippen molar-refractivity contribution in [3.05, 3.63) is 52.6 Å². The topological polar surface area (TPSA) is 51.1 Å². The van der Waals surface area contributed by atoms with Gasteiger partial charge in [-0.3, -0.25) is 9.80 Å². The highest BCUT2D eigenvalue weighted by molar-refractivity contribution is 6.31. The first-order valence-electron chi connectivity index (χ1n) is 9.42. The molecule has 2 unspecified atom stereocenters. The molecular formula is C22H27ClN2O3. The van der Waals surface area contributed by atoms with Gasteiger partial charge in [0.1, 0.15) is 11.4 Å². The highest BCUT2D eigenvalue weighted by Crippen LogP contribution is 2.35. The Morgan fingerprint density at radius 2 is 2.07 bits per heavy atom. The third-order valence-corrected chi connectivity index (χ3v) is 5.12. The molecule has 28 heavy (non-hydrogen) atoms. The highest BCUT2D eigenvalue weighted by atomic mass is 35.5. The predicted molar refractivity (Wildman–Crippen MR) is 112 cm³/mol. The molecule has 150 valence electrons. The van der Waals surface area contributed by atoms with Gasteiger partial charge < -0.3 is 9.47 Å². The van der Waals surface area contributed by atoms with Crippen molar-refractivity contribution in [1.29, 1.82) is 0 Å². The lowest BCUT2D eigenvalue weighted by atomic mass is 9.88. The van der Waals surface area contributed by atoms with Crippen LogP contribution in [0.4, 0.5) is 0 Å². The summed E-state index contributed by atoms with van der Waals surface area (Å²) in [6.07, 6.45) is 6.48. The minimum Gasteiger partial charge on any atom is -0.496 e. The minimum atomic E-state index is -0.488. The van der Waals surface area contributed by atoms with Crippen molar-refractivity contribution in [2.75, 3.05) is 7.11 Å². The fourth-order valence-corrected chi connectivity index (χ4v) is 3.79. The molecule has 0 radical (unpaired) electrons. The van der Waals surface area contributed by atoms with E-state index < -0.39 is 5.60 Å². The maximum atomic E-state index is 12.2. The average Bonchev–Trinajstić information content (AvgIpc) is 2.90. The number of esters is 1. The first-order valence-corrected chi connectivity index (χ1v) is 9.79. The zero-order valence-electron chi connectivity index (χ0n) is 17.0. The molecule has 3 rings (SSSR count). The molecule has 1 aliphatic carbocycles. The number of fused-ring (bicyclic) bond motifs is 1. The van der Waals surface area contributed by atoms with E-state index in [9.17, 15) is 4.79 Å². The van der Waals surface area contributed by atoms with E-state index in [0.29, 0.717) is 11.6 Å². The number of nitrogens with zero attached hydrogens (tertiary/aromatic N) is 2. The van der Waals surface area contributed by atoms with Crippen molar-refractivity contribution in [1.82, 2.24) is 5.01 Å². The molecule has 0 fully saturated rings. The van der Waals surface area contributed by atoms with E-state index in [0.717, 1.165) is 22.6 Å². The summed E-state index contributed by atoms with van der Waals surface area (Å²) in [5, 5.41) is 7.41. The summed E-state index contributed by atoms with van der Waals surface area (Å²) in [5.74, 6) is 0.709. The van der Waals surface area contributed by atoms with E-state index >= 15 is 0 Å². The number of carbonyl (C=O) groups is 1. The van der Waals surface area contributed by atoms with E-state index in [-0.39, 0.29) is 24.3 Å². The van der Waals surface area contributed by atoms with Crippen molar-refractivity contribution in [3.63, 3.8) is 0 Å². The second kappa shape index (κ2) is 8.00. The van der Waals surface area contributed by atoms with Gasteiger partial charge in [0.05, 0.1) is 26.1 Å². The Morgan fingerprint density at radius 3 is 2.75 bits per heavy atom. The minimum absolute atomic E-state index is 0.0448. The SMILES string of the molecule is COc1cccc(Cl)c1CN1N=C(C)C2C=CC(CC(=O)OC(C)(C)C)=CC21. The molecule has 1 heterocycles.